The van der Waals surface area contributed by atoms with E-state index in [9.17, 15) is 0 Å². The number of allylic oxidation sites excluding steroid dienone is 4. The van der Waals surface area contributed by atoms with E-state index in [0.29, 0.717) is 0 Å². The highest BCUT2D eigenvalue weighted by Gasteiger charge is 2.33. The molecule has 0 nitrogen and oxygen atoms in total. The van der Waals surface area contributed by atoms with E-state index in [0.717, 1.165) is 17.9 Å². The molecule has 0 aliphatic heterocycles. The molecule has 0 heterocycles. The minimum Gasteiger partial charge on any atom is -0.114 e. The van der Waals surface area contributed by atoms with Crippen molar-refractivity contribution in [2.24, 2.45) is 5.92 Å². The maximum absolute atomic E-state index is 6.49. The molecule has 0 radical (unpaired) electrons. The molecule has 0 aromatic heterocycles. The average Bonchev–Trinajstić information content (AvgIpc) is 2.11. The Hall–Kier alpha value is 0.0600. The van der Waals surface area contributed by atoms with E-state index in [2.05, 4.69) is 19.9 Å². The molecule has 13 heavy (non-hydrogen) atoms. The van der Waals surface area contributed by atoms with Gasteiger partial charge in [-0.25, -0.2) is 0 Å². The van der Waals surface area contributed by atoms with Crippen LogP contribution in [-0.4, -0.2) is 4.87 Å². The van der Waals surface area contributed by atoms with Crippen molar-refractivity contribution in [2.75, 3.05) is 0 Å². The molecule has 0 spiro atoms. The van der Waals surface area contributed by atoms with Crippen molar-refractivity contribution >= 4 is 23.2 Å². The van der Waals surface area contributed by atoms with E-state index in [-0.39, 0.29) is 10.8 Å². The van der Waals surface area contributed by atoms with Crippen molar-refractivity contribution in [2.45, 2.75) is 38.0 Å². The number of halogens is 2. The van der Waals surface area contributed by atoms with Gasteiger partial charge in [0.25, 0.3) is 0 Å². The second-order valence-electron chi connectivity index (χ2n) is 3.66. The molecule has 0 fully saturated rings. The first-order valence-corrected chi connectivity index (χ1v) is 5.59. The van der Waals surface area contributed by atoms with Crippen LogP contribution in [0, 0.1) is 5.92 Å². The molecular formula is C11H16Cl2. The lowest BCUT2D eigenvalue weighted by Gasteiger charge is -2.32. The number of rotatable bonds is 3. The standard InChI is InChI=1S/C11H16Cl2/c1-3-4-7-11(13)8-5-6-10(12)9(11)2/h5-6,8-9H,3-4,7H2,1-2H3. The summed E-state index contributed by atoms with van der Waals surface area (Å²) in [7, 11) is 0. The lowest BCUT2D eigenvalue weighted by molar-refractivity contribution is 0.482. The summed E-state index contributed by atoms with van der Waals surface area (Å²) in [5.41, 5.74) is 0. The first-order chi connectivity index (χ1) is 6.10. The molecule has 2 atom stereocenters. The first kappa shape index (κ1) is 11.1. The fourth-order valence-electron chi connectivity index (χ4n) is 1.57. The Bertz CT molecular complexity index is 230. The zero-order chi connectivity index (χ0) is 9.90. The molecule has 74 valence electrons. The zero-order valence-corrected chi connectivity index (χ0v) is 9.70. The molecule has 0 bridgehead atoms. The third kappa shape index (κ3) is 2.51. The fraction of sp³-hybridized carbons (Fsp3) is 0.636. The smallest absolute Gasteiger partial charge is 0.0703 e. The van der Waals surface area contributed by atoms with Crippen molar-refractivity contribution < 1.29 is 0 Å². The topological polar surface area (TPSA) is 0 Å². The largest absolute Gasteiger partial charge is 0.114 e. The van der Waals surface area contributed by atoms with Gasteiger partial charge in [-0.05, 0) is 12.5 Å². The highest BCUT2D eigenvalue weighted by molar-refractivity contribution is 6.32. The SMILES string of the molecule is CCCCC1(Cl)C=CC=C(Cl)C1C. The highest BCUT2D eigenvalue weighted by atomic mass is 35.5. The zero-order valence-electron chi connectivity index (χ0n) is 8.19. The fourth-order valence-corrected chi connectivity index (χ4v) is 2.21. The van der Waals surface area contributed by atoms with Crippen LogP contribution in [0.3, 0.4) is 0 Å². The summed E-state index contributed by atoms with van der Waals surface area (Å²) in [4.78, 5) is -0.248. The van der Waals surface area contributed by atoms with E-state index in [1.165, 1.54) is 6.42 Å². The molecule has 0 amide bonds. The summed E-state index contributed by atoms with van der Waals surface area (Å²) < 4.78 is 0. The molecule has 0 saturated carbocycles. The Labute approximate surface area is 90.6 Å². The summed E-state index contributed by atoms with van der Waals surface area (Å²) in [5.74, 6) is 0.243. The van der Waals surface area contributed by atoms with Gasteiger partial charge in [0.15, 0.2) is 0 Å². The molecule has 1 aliphatic rings. The van der Waals surface area contributed by atoms with Gasteiger partial charge in [-0.2, -0.15) is 0 Å². The number of hydrogen-bond donors (Lipinski definition) is 0. The van der Waals surface area contributed by atoms with Gasteiger partial charge < -0.3 is 0 Å². The van der Waals surface area contributed by atoms with Gasteiger partial charge in [0.05, 0.1) is 4.87 Å². The normalized spacial score (nSPS) is 33.2. The lowest BCUT2D eigenvalue weighted by Crippen LogP contribution is -2.29. The van der Waals surface area contributed by atoms with Crippen LogP contribution in [0.15, 0.2) is 23.3 Å². The monoisotopic (exact) mass is 218 g/mol. The molecule has 1 rings (SSSR count). The average molecular weight is 219 g/mol. The molecule has 2 heteroatoms. The van der Waals surface area contributed by atoms with Crippen molar-refractivity contribution in [3.8, 4) is 0 Å². The Balaban J connectivity index is 2.68. The van der Waals surface area contributed by atoms with Crippen molar-refractivity contribution in [1.29, 1.82) is 0 Å². The van der Waals surface area contributed by atoms with Crippen molar-refractivity contribution in [1.82, 2.24) is 0 Å². The minimum atomic E-state index is -0.248. The Kier molecular flexibility index (Phi) is 3.87. The minimum absolute atomic E-state index is 0.243. The second kappa shape index (κ2) is 4.52. The van der Waals surface area contributed by atoms with E-state index in [1.807, 2.05) is 12.2 Å². The van der Waals surface area contributed by atoms with Gasteiger partial charge in [-0.3, -0.25) is 0 Å². The molecule has 2 unspecified atom stereocenters. The summed E-state index contributed by atoms with van der Waals surface area (Å²) in [6, 6.07) is 0. The Morgan fingerprint density at radius 1 is 1.54 bits per heavy atom. The van der Waals surface area contributed by atoms with Gasteiger partial charge in [0.1, 0.15) is 0 Å². The summed E-state index contributed by atoms with van der Waals surface area (Å²) in [6.07, 6.45) is 9.30. The van der Waals surface area contributed by atoms with Crippen LogP contribution < -0.4 is 0 Å². The summed E-state index contributed by atoms with van der Waals surface area (Å²) in [6.45, 7) is 4.26. The van der Waals surface area contributed by atoms with Crippen molar-refractivity contribution in [3.05, 3.63) is 23.3 Å². The number of hydrogen-bond acceptors (Lipinski definition) is 0. The maximum atomic E-state index is 6.49. The van der Waals surface area contributed by atoms with E-state index in [1.54, 1.807) is 0 Å². The molecule has 1 aliphatic carbocycles. The lowest BCUT2D eigenvalue weighted by atomic mass is 9.85. The molecule has 0 aromatic rings. The van der Waals surface area contributed by atoms with E-state index >= 15 is 0 Å². The molecular weight excluding hydrogens is 203 g/mol. The molecule has 0 saturated heterocycles. The van der Waals surface area contributed by atoms with Gasteiger partial charge in [0, 0.05) is 11.0 Å². The van der Waals surface area contributed by atoms with Gasteiger partial charge >= 0.3 is 0 Å². The van der Waals surface area contributed by atoms with Gasteiger partial charge in [-0.1, -0.05) is 50.4 Å². The molecule has 0 aromatic carbocycles. The highest BCUT2D eigenvalue weighted by Crippen LogP contribution is 2.40. The second-order valence-corrected chi connectivity index (χ2v) is 4.80. The predicted octanol–water partition coefficient (Wildman–Crippen LogP) is 4.48. The predicted molar refractivity (Wildman–Crippen MR) is 60.3 cm³/mol. The van der Waals surface area contributed by atoms with Crippen LogP contribution in [0.2, 0.25) is 0 Å². The Morgan fingerprint density at radius 2 is 2.23 bits per heavy atom. The quantitative estimate of drug-likeness (QED) is 0.614. The van der Waals surface area contributed by atoms with Crippen LogP contribution in [0.5, 0.6) is 0 Å². The van der Waals surface area contributed by atoms with Gasteiger partial charge in [0.2, 0.25) is 0 Å². The number of unbranched alkanes of at least 4 members (excludes halogenated alkanes) is 1. The van der Waals surface area contributed by atoms with E-state index in [4.69, 9.17) is 23.2 Å². The third-order valence-electron chi connectivity index (χ3n) is 2.68. The summed E-state index contributed by atoms with van der Waals surface area (Å²) >= 11 is 12.5. The first-order valence-electron chi connectivity index (χ1n) is 4.84. The van der Waals surface area contributed by atoms with E-state index < -0.39 is 0 Å². The van der Waals surface area contributed by atoms with Gasteiger partial charge in [-0.15, -0.1) is 11.6 Å². The van der Waals surface area contributed by atoms with Crippen LogP contribution in [0.1, 0.15) is 33.1 Å². The molecule has 0 N–H and O–H groups in total. The number of alkyl halides is 1. The van der Waals surface area contributed by atoms with Crippen molar-refractivity contribution in [3.63, 3.8) is 0 Å². The summed E-state index contributed by atoms with van der Waals surface area (Å²) in [5, 5.41) is 0.869. The van der Waals surface area contributed by atoms with Crippen LogP contribution in [-0.2, 0) is 0 Å². The van der Waals surface area contributed by atoms with Crippen LogP contribution in [0.4, 0.5) is 0 Å². The maximum Gasteiger partial charge on any atom is 0.0703 e. The Morgan fingerprint density at radius 3 is 2.85 bits per heavy atom. The van der Waals surface area contributed by atoms with Crippen LogP contribution >= 0.6 is 23.2 Å². The third-order valence-corrected chi connectivity index (χ3v) is 3.77. The van der Waals surface area contributed by atoms with Crippen LogP contribution in [0.25, 0.3) is 0 Å².